The number of rotatable bonds is 19. The first-order valence-electron chi connectivity index (χ1n) is 12.5. The van der Waals surface area contributed by atoms with Gasteiger partial charge in [0.05, 0.1) is 12.8 Å². The van der Waals surface area contributed by atoms with Crippen LogP contribution in [0.5, 0.6) is 0 Å². The normalized spacial score (nSPS) is 9.05. The van der Waals surface area contributed by atoms with Crippen molar-refractivity contribution in [1.82, 2.24) is 0 Å². The van der Waals surface area contributed by atoms with E-state index in [1.807, 2.05) is 0 Å². The van der Waals surface area contributed by atoms with E-state index in [1.165, 1.54) is 57.8 Å². The van der Waals surface area contributed by atoms with E-state index in [1.54, 1.807) is 0 Å². The third-order valence-corrected chi connectivity index (χ3v) is 4.41. The summed E-state index contributed by atoms with van der Waals surface area (Å²) in [5.74, 6) is -4.89. The van der Waals surface area contributed by atoms with E-state index in [2.05, 4.69) is 20.1 Å². The fourth-order valence-electron chi connectivity index (χ4n) is 2.34. The number of hydrogen-bond donors (Lipinski definition) is 7. The van der Waals surface area contributed by atoms with Crippen molar-refractivity contribution in [3.05, 3.63) is 24.3 Å². The van der Waals surface area contributed by atoms with Crippen molar-refractivity contribution in [2.75, 3.05) is 19.8 Å². The molecule has 0 aliphatic heterocycles. The molecule has 0 aromatic carbocycles. The van der Waals surface area contributed by atoms with Crippen LogP contribution in [0.4, 0.5) is 0 Å². The van der Waals surface area contributed by atoms with Crippen LogP contribution in [0.1, 0.15) is 98.2 Å². The Bertz CT molecular complexity index is 577. The molecule has 0 aliphatic carbocycles. The van der Waals surface area contributed by atoms with Crippen LogP contribution in [0.25, 0.3) is 0 Å². The summed E-state index contributed by atoms with van der Waals surface area (Å²) in [5, 5.41) is 56.9. The van der Waals surface area contributed by atoms with Gasteiger partial charge in [-0.25, -0.2) is 9.59 Å². The van der Waals surface area contributed by atoms with E-state index in [4.69, 9.17) is 35.7 Å². The van der Waals surface area contributed by atoms with Gasteiger partial charge in [-0.15, -0.1) is 0 Å². The molecule has 0 fully saturated rings. The Labute approximate surface area is 250 Å². The van der Waals surface area contributed by atoms with E-state index in [0.29, 0.717) is 6.61 Å². The average molecular weight is 561 g/mol. The largest absolute Gasteiger partial charge is 1.00 e. The van der Waals surface area contributed by atoms with Gasteiger partial charge in [-0.1, -0.05) is 77.9 Å². The van der Waals surface area contributed by atoms with E-state index >= 15 is 0 Å². The molecule has 0 rings (SSSR count). The summed E-state index contributed by atoms with van der Waals surface area (Å²) in [7, 11) is 0. The number of hydrogen-bond acceptors (Lipinski definition) is 7. The van der Waals surface area contributed by atoms with Gasteiger partial charge in [-0.2, -0.15) is 0 Å². The van der Waals surface area contributed by atoms with Crippen LogP contribution in [0, 0.1) is 0 Å². The Morgan fingerprint density at radius 3 is 0.947 bits per heavy atom. The molecule has 220 valence electrons. The minimum atomic E-state index is -1.27. The summed E-state index contributed by atoms with van der Waals surface area (Å²) in [6.45, 7) is 9.05. The number of aliphatic hydroxyl groups is 3. The van der Waals surface area contributed by atoms with E-state index < -0.39 is 36.7 Å². The van der Waals surface area contributed by atoms with Gasteiger partial charge in [0.25, 0.3) is 0 Å². The first-order chi connectivity index (χ1) is 17.4. The topological polar surface area (TPSA) is 210 Å². The maximum atomic E-state index is 9.87. The summed E-state index contributed by atoms with van der Waals surface area (Å²) >= 11 is 0. The van der Waals surface area contributed by atoms with Crippen LogP contribution < -0.4 is 29.6 Å². The third-order valence-electron chi connectivity index (χ3n) is 4.41. The number of unbranched alkanes of at least 4 members (excludes halogenated alkanes) is 10. The predicted octanol–water partition coefficient (Wildman–Crippen LogP) is 0.971. The van der Waals surface area contributed by atoms with Crippen LogP contribution in [-0.2, 0) is 19.2 Å². The van der Waals surface area contributed by atoms with Crippen LogP contribution in [-0.4, -0.2) is 79.4 Å². The average Bonchev–Trinajstić information content (AvgIpc) is 2.82. The Morgan fingerprint density at radius 1 is 0.526 bits per heavy atom. The Morgan fingerprint density at radius 2 is 0.763 bits per heavy atom. The number of aliphatic carboxylic acids is 4. The standard InChI is InChI=1S/C12H26O.2C5H6O4.C4H10O2.Na.H/c1-2-3-4-5-6-7-8-9-10-11-12-13;2*1-3(5(8)9)2-4(6)7;5-3-1-2-4-6;;/h13H,2-12H2,1H3;2*1-2H2,(H,6,7)(H,8,9);5-6H,1-4H2;;/q;;;;+1;-1. The molecular formula is C26H49NaO11. The number of carboxylic acids is 4. The summed E-state index contributed by atoms with van der Waals surface area (Å²) in [6, 6.07) is 0. The van der Waals surface area contributed by atoms with Crippen LogP contribution in [0.3, 0.4) is 0 Å². The van der Waals surface area contributed by atoms with Crippen molar-refractivity contribution in [1.29, 1.82) is 0 Å². The maximum Gasteiger partial charge on any atom is 1.00 e. The minimum Gasteiger partial charge on any atom is -1.00 e. The van der Waals surface area contributed by atoms with Gasteiger partial charge < -0.3 is 37.2 Å². The van der Waals surface area contributed by atoms with Crippen molar-refractivity contribution in [3.63, 3.8) is 0 Å². The molecule has 0 aromatic heterocycles. The second-order valence-corrected chi connectivity index (χ2v) is 8.02. The molecule has 0 radical (unpaired) electrons. The molecule has 0 aliphatic rings. The van der Waals surface area contributed by atoms with Gasteiger partial charge in [-0.05, 0) is 19.3 Å². The number of aliphatic hydroxyl groups excluding tert-OH is 3. The molecule has 0 spiro atoms. The Kier molecular flexibility index (Phi) is 45.4. The third kappa shape index (κ3) is 51.0. The monoisotopic (exact) mass is 560 g/mol. The van der Waals surface area contributed by atoms with Gasteiger partial charge in [0, 0.05) is 31.0 Å². The summed E-state index contributed by atoms with van der Waals surface area (Å²) in [5.41, 5.74) is -0.606. The second kappa shape index (κ2) is 37.4. The maximum absolute atomic E-state index is 9.87. The van der Waals surface area contributed by atoms with Gasteiger partial charge >= 0.3 is 53.4 Å². The molecule has 0 heterocycles. The second-order valence-electron chi connectivity index (χ2n) is 8.02. The van der Waals surface area contributed by atoms with Crippen molar-refractivity contribution in [2.24, 2.45) is 0 Å². The molecular weight excluding hydrogens is 511 g/mol. The zero-order chi connectivity index (χ0) is 29.5. The quantitative estimate of drug-likeness (QED) is 0.0672. The van der Waals surface area contributed by atoms with Gasteiger partial charge in [0.1, 0.15) is 0 Å². The van der Waals surface area contributed by atoms with E-state index in [9.17, 15) is 19.2 Å². The zero-order valence-electron chi connectivity index (χ0n) is 24.2. The number of carboxylic acid groups (broad SMARTS) is 4. The van der Waals surface area contributed by atoms with Crippen molar-refractivity contribution in [2.45, 2.75) is 96.8 Å². The summed E-state index contributed by atoms with van der Waals surface area (Å²) in [4.78, 5) is 39.3. The fourth-order valence-corrected chi connectivity index (χ4v) is 2.34. The molecule has 0 saturated heterocycles. The fraction of sp³-hybridized carbons (Fsp3) is 0.692. The molecule has 0 aromatic rings. The van der Waals surface area contributed by atoms with E-state index in [0.717, 1.165) is 19.3 Å². The first-order valence-corrected chi connectivity index (χ1v) is 12.5. The SMILES string of the molecule is C=C(CC(=O)O)C(=O)O.C=C(CC(=O)O)C(=O)O.CCCCCCCCCCCCO.OCCCCO.[H-].[Na+]. The Balaban J connectivity index is -0.0000000946. The van der Waals surface area contributed by atoms with Gasteiger partial charge in [0.2, 0.25) is 0 Å². The summed E-state index contributed by atoms with van der Waals surface area (Å²) < 4.78 is 0. The van der Waals surface area contributed by atoms with Crippen molar-refractivity contribution >= 4 is 23.9 Å². The predicted molar refractivity (Wildman–Crippen MR) is 142 cm³/mol. The van der Waals surface area contributed by atoms with Gasteiger partial charge in [-0.3, -0.25) is 9.59 Å². The van der Waals surface area contributed by atoms with E-state index in [-0.39, 0.29) is 55.3 Å². The molecule has 7 N–H and O–H groups in total. The van der Waals surface area contributed by atoms with Crippen LogP contribution in [0.2, 0.25) is 0 Å². The molecule has 0 unspecified atom stereocenters. The van der Waals surface area contributed by atoms with Crippen LogP contribution in [0.15, 0.2) is 24.3 Å². The van der Waals surface area contributed by atoms with Crippen molar-refractivity contribution < 1.29 is 85.9 Å². The van der Waals surface area contributed by atoms with Crippen molar-refractivity contribution in [3.8, 4) is 0 Å². The molecule has 0 bridgehead atoms. The minimum absolute atomic E-state index is 0. The van der Waals surface area contributed by atoms with Crippen LogP contribution >= 0.6 is 0 Å². The van der Waals surface area contributed by atoms with Gasteiger partial charge in [0.15, 0.2) is 0 Å². The molecule has 12 heteroatoms. The molecule has 0 amide bonds. The zero-order valence-corrected chi connectivity index (χ0v) is 25.2. The molecule has 0 saturated carbocycles. The Hall–Kier alpha value is -1.76. The first kappa shape index (κ1) is 46.1. The molecule has 11 nitrogen and oxygen atoms in total. The summed E-state index contributed by atoms with van der Waals surface area (Å²) in [6.07, 6.45) is 13.7. The smallest absolute Gasteiger partial charge is 1.00 e. The number of carbonyl (C=O) groups is 4. The molecule has 0 atom stereocenters. The molecule has 38 heavy (non-hydrogen) atoms.